The fourth-order valence-electron chi connectivity index (χ4n) is 1.51. The first-order valence-corrected chi connectivity index (χ1v) is 6.47. The van der Waals surface area contributed by atoms with E-state index in [1.54, 1.807) is 6.20 Å². The first kappa shape index (κ1) is 14.0. The summed E-state index contributed by atoms with van der Waals surface area (Å²) in [5.74, 6) is -3.08. The van der Waals surface area contributed by atoms with E-state index in [9.17, 15) is 9.59 Å². The molecule has 0 aliphatic heterocycles. The van der Waals surface area contributed by atoms with E-state index in [-0.39, 0.29) is 0 Å². The van der Waals surface area contributed by atoms with Crippen LogP contribution in [0.3, 0.4) is 0 Å². The number of ketones is 1. The molecule has 3 N–H and O–H groups in total. The van der Waals surface area contributed by atoms with Crippen molar-refractivity contribution in [2.45, 2.75) is 9.79 Å². The van der Waals surface area contributed by atoms with Crippen LogP contribution in [0.1, 0.15) is 10.4 Å². The van der Waals surface area contributed by atoms with Crippen LogP contribution >= 0.6 is 11.8 Å². The molecular weight excluding hydrogens is 278 g/mol. The number of H-pyrrole nitrogens is 1. The number of benzene rings is 1. The number of nitrogens with one attached hydrogen (secondary N) is 1. The molecule has 0 aliphatic carbocycles. The summed E-state index contributed by atoms with van der Waals surface area (Å²) in [7, 11) is 0. The molecule has 1 aromatic carbocycles. The van der Waals surface area contributed by atoms with Gasteiger partial charge >= 0.3 is 5.97 Å². The van der Waals surface area contributed by atoms with Gasteiger partial charge in [-0.05, 0) is 12.1 Å². The van der Waals surface area contributed by atoms with Gasteiger partial charge in [0.1, 0.15) is 0 Å². The summed E-state index contributed by atoms with van der Waals surface area (Å²) < 4.78 is 0. The van der Waals surface area contributed by atoms with E-state index in [2.05, 4.69) is 4.98 Å². The molecular formula is C14H11NO4S. The number of aromatic nitrogens is 1. The Morgan fingerprint density at radius 3 is 2.45 bits per heavy atom. The van der Waals surface area contributed by atoms with Crippen molar-refractivity contribution in [1.29, 1.82) is 0 Å². The molecule has 2 aromatic rings. The topological polar surface area (TPSA) is 90.4 Å². The summed E-state index contributed by atoms with van der Waals surface area (Å²) in [5.41, 5.74) is 0.312. The van der Waals surface area contributed by atoms with Crippen molar-refractivity contribution in [2.24, 2.45) is 0 Å². The second-order valence-electron chi connectivity index (χ2n) is 3.85. The molecule has 0 saturated heterocycles. The van der Waals surface area contributed by atoms with Crippen molar-refractivity contribution in [3.8, 4) is 0 Å². The average Bonchev–Trinajstić information content (AvgIpc) is 2.88. The van der Waals surface area contributed by atoms with Crippen molar-refractivity contribution < 1.29 is 19.8 Å². The van der Waals surface area contributed by atoms with Crippen LogP contribution in [0, 0.1) is 0 Å². The van der Waals surface area contributed by atoms with E-state index in [0.717, 1.165) is 4.90 Å². The molecule has 102 valence electrons. The molecule has 1 aromatic heterocycles. The van der Waals surface area contributed by atoms with Crippen LogP contribution in [0.15, 0.2) is 64.4 Å². The van der Waals surface area contributed by atoms with Gasteiger partial charge in [0.2, 0.25) is 5.76 Å². The lowest BCUT2D eigenvalue weighted by molar-refractivity contribution is -0.135. The number of aliphatic hydroxyl groups excluding tert-OH is 1. The molecule has 0 bridgehead atoms. The lowest BCUT2D eigenvalue weighted by Crippen LogP contribution is -2.03. The molecule has 0 spiro atoms. The third-order valence-electron chi connectivity index (χ3n) is 2.43. The number of carbonyl (C=O) groups is 2. The lowest BCUT2D eigenvalue weighted by atomic mass is 10.2. The Hall–Kier alpha value is -2.47. The van der Waals surface area contributed by atoms with Gasteiger partial charge in [0.15, 0.2) is 5.78 Å². The second-order valence-corrected chi connectivity index (χ2v) is 4.96. The molecule has 6 heteroatoms. The normalized spacial score (nSPS) is 11.3. The number of aromatic amines is 1. The van der Waals surface area contributed by atoms with Gasteiger partial charge in [0, 0.05) is 28.3 Å². The highest BCUT2D eigenvalue weighted by atomic mass is 32.2. The summed E-state index contributed by atoms with van der Waals surface area (Å²) in [5, 5.41) is 17.6. The number of carbonyl (C=O) groups excluding carboxylic acids is 1. The van der Waals surface area contributed by atoms with Crippen LogP contribution in [-0.4, -0.2) is 26.9 Å². The van der Waals surface area contributed by atoms with Gasteiger partial charge < -0.3 is 15.2 Å². The first-order chi connectivity index (χ1) is 9.58. The number of allylic oxidation sites excluding steroid dienone is 1. The highest BCUT2D eigenvalue weighted by Gasteiger charge is 2.14. The number of carboxylic acids is 1. The smallest absolute Gasteiger partial charge is 0.371 e. The zero-order valence-corrected chi connectivity index (χ0v) is 11.1. The number of rotatable bonds is 5. The van der Waals surface area contributed by atoms with Gasteiger partial charge in [-0.3, -0.25) is 4.79 Å². The molecule has 0 aliphatic rings. The van der Waals surface area contributed by atoms with Crippen LogP contribution in [0.4, 0.5) is 0 Å². The van der Waals surface area contributed by atoms with Crippen molar-refractivity contribution in [3.63, 3.8) is 0 Å². The van der Waals surface area contributed by atoms with Crippen molar-refractivity contribution >= 4 is 23.5 Å². The van der Waals surface area contributed by atoms with Gasteiger partial charge in [-0.1, -0.05) is 30.0 Å². The Labute approximate surface area is 119 Å². The molecule has 1 heterocycles. The fraction of sp³-hybridized carbons (Fsp3) is 0. The maximum absolute atomic E-state index is 11.9. The number of aliphatic carboxylic acids is 1. The third kappa shape index (κ3) is 3.30. The van der Waals surface area contributed by atoms with Crippen LogP contribution in [0.2, 0.25) is 0 Å². The van der Waals surface area contributed by atoms with E-state index < -0.39 is 17.5 Å². The van der Waals surface area contributed by atoms with Gasteiger partial charge in [-0.25, -0.2) is 4.79 Å². The van der Waals surface area contributed by atoms with Crippen molar-refractivity contribution in [2.75, 3.05) is 0 Å². The molecule has 0 unspecified atom stereocenters. The summed E-state index contributed by atoms with van der Waals surface area (Å²) in [4.78, 5) is 26.8. The first-order valence-electron chi connectivity index (χ1n) is 5.66. The molecule has 0 fully saturated rings. The van der Waals surface area contributed by atoms with Crippen LogP contribution in [0.25, 0.3) is 0 Å². The van der Waals surface area contributed by atoms with Crippen LogP contribution in [-0.2, 0) is 4.79 Å². The average molecular weight is 289 g/mol. The molecule has 0 amide bonds. The fourth-order valence-corrected chi connectivity index (χ4v) is 2.45. The Morgan fingerprint density at radius 2 is 1.80 bits per heavy atom. The Morgan fingerprint density at radius 1 is 1.10 bits per heavy atom. The Bertz CT molecular complexity index is 661. The summed E-state index contributed by atoms with van der Waals surface area (Å²) >= 11 is 1.37. The summed E-state index contributed by atoms with van der Waals surface area (Å²) in [6, 6.07) is 9.45. The second kappa shape index (κ2) is 6.12. The van der Waals surface area contributed by atoms with Crippen molar-refractivity contribution in [1.82, 2.24) is 4.98 Å². The predicted molar refractivity (Wildman–Crippen MR) is 74.0 cm³/mol. The molecule has 5 nitrogen and oxygen atoms in total. The number of hydrogen-bond acceptors (Lipinski definition) is 4. The van der Waals surface area contributed by atoms with Gasteiger partial charge in [0.25, 0.3) is 0 Å². The van der Waals surface area contributed by atoms with Crippen LogP contribution < -0.4 is 0 Å². The van der Waals surface area contributed by atoms with E-state index in [1.807, 2.05) is 30.3 Å². The highest BCUT2D eigenvalue weighted by molar-refractivity contribution is 7.99. The Kier molecular flexibility index (Phi) is 4.27. The minimum Gasteiger partial charge on any atom is -0.502 e. The van der Waals surface area contributed by atoms with E-state index in [0.29, 0.717) is 16.5 Å². The number of aliphatic hydroxyl groups is 1. The van der Waals surface area contributed by atoms with Crippen molar-refractivity contribution in [3.05, 3.63) is 60.1 Å². The quantitative estimate of drug-likeness (QED) is 0.447. The summed E-state index contributed by atoms with van der Waals surface area (Å²) in [6.45, 7) is 0. The highest BCUT2D eigenvalue weighted by Crippen LogP contribution is 2.30. The van der Waals surface area contributed by atoms with Crippen LogP contribution in [0.5, 0.6) is 0 Å². The minimum absolute atomic E-state index is 0.312. The largest absolute Gasteiger partial charge is 0.502 e. The molecule has 2 rings (SSSR count). The Balaban J connectivity index is 2.23. The van der Waals surface area contributed by atoms with E-state index in [4.69, 9.17) is 10.2 Å². The van der Waals surface area contributed by atoms with E-state index in [1.165, 1.54) is 18.0 Å². The number of hydrogen-bond donors (Lipinski definition) is 3. The van der Waals surface area contributed by atoms with Gasteiger partial charge in [-0.2, -0.15) is 0 Å². The predicted octanol–water partition coefficient (Wildman–Crippen LogP) is 2.88. The zero-order chi connectivity index (χ0) is 14.5. The molecule has 0 radical (unpaired) electrons. The molecule has 20 heavy (non-hydrogen) atoms. The third-order valence-corrected chi connectivity index (χ3v) is 3.50. The maximum Gasteiger partial charge on any atom is 0.371 e. The molecule has 0 saturated carbocycles. The van der Waals surface area contributed by atoms with Gasteiger partial charge in [0.05, 0.1) is 5.56 Å². The molecule has 0 atom stereocenters. The van der Waals surface area contributed by atoms with Gasteiger partial charge in [-0.15, -0.1) is 0 Å². The standard InChI is InChI=1S/C14H11NO4S/c16-11(6-12(17)14(18)19)10-7-15-8-13(10)20-9-4-2-1-3-5-9/h1-8,15,17H,(H,18,19)/b12-6-. The maximum atomic E-state index is 11.9. The SMILES string of the molecule is O=C(O)/C(O)=C/C(=O)c1c[nH]cc1Sc1ccccc1. The lowest BCUT2D eigenvalue weighted by Gasteiger charge is -2.01. The minimum atomic E-state index is -1.54. The zero-order valence-electron chi connectivity index (χ0n) is 10.2. The summed E-state index contributed by atoms with van der Waals surface area (Å²) in [6.07, 6.45) is 3.82. The monoisotopic (exact) mass is 289 g/mol. The van der Waals surface area contributed by atoms with E-state index >= 15 is 0 Å². The number of carboxylic acid groups (broad SMARTS) is 1.